The highest BCUT2D eigenvalue weighted by molar-refractivity contribution is 5.91. The maximum atomic E-state index is 11.0. The molecule has 29 heavy (non-hydrogen) atoms. The lowest BCUT2D eigenvalue weighted by Crippen LogP contribution is -2.14. The van der Waals surface area contributed by atoms with E-state index in [1.54, 1.807) is 23.7 Å². The van der Waals surface area contributed by atoms with Gasteiger partial charge in [0, 0.05) is 19.7 Å². The van der Waals surface area contributed by atoms with Crippen LogP contribution in [0.15, 0.2) is 73.9 Å². The average molecular weight is 400 g/mol. The Labute approximate surface area is 176 Å². The Morgan fingerprint density at radius 2 is 1.72 bits per heavy atom. The van der Waals surface area contributed by atoms with Crippen LogP contribution in [-0.2, 0) is 4.79 Å². The molecule has 0 fully saturated rings. The quantitative estimate of drug-likeness (QED) is 0.103. The van der Waals surface area contributed by atoms with Crippen LogP contribution in [0.4, 0.5) is 11.4 Å². The lowest BCUT2D eigenvalue weighted by atomic mass is 10.1. The van der Waals surface area contributed by atoms with Crippen LogP contribution >= 0.6 is 0 Å². The van der Waals surface area contributed by atoms with Crippen molar-refractivity contribution in [3.05, 3.63) is 79.5 Å². The molecule has 0 aliphatic carbocycles. The SMILES string of the molecule is C=C(/C=C\C)CCCNc1ccc(/C=C/C(=O)NO)cc1NC.C=CC.C=CC. The van der Waals surface area contributed by atoms with Crippen LogP contribution < -0.4 is 16.1 Å². The summed E-state index contributed by atoms with van der Waals surface area (Å²) in [7, 11) is 1.85. The first-order chi connectivity index (χ1) is 13.9. The summed E-state index contributed by atoms with van der Waals surface area (Å²) in [6.07, 6.45) is 12.4. The Balaban J connectivity index is 0. The van der Waals surface area contributed by atoms with Gasteiger partial charge in [0.1, 0.15) is 0 Å². The first-order valence-corrected chi connectivity index (χ1v) is 9.56. The van der Waals surface area contributed by atoms with Gasteiger partial charge in [0.25, 0.3) is 5.91 Å². The van der Waals surface area contributed by atoms with Gasteiger partial charge in [-0.25, -0.2) is 5.48 Å². The van der Waals surface area contributed by atoms with Gasteiger partial charge >= 0.3 is 0 Å². The molecule has 0 saturated heterocycles. The van der Waals surface area contributed by atoms with Crippen molar-refractivity contribution in [2.45, 2.75) is 33.6 Å². The molecule has 0 aromatic heterocycles. The summed E-state index contributed by atoms with van der Waals surface area (Å²) in [6, 6.07) is 5.80. The molecular formula is C24H37N3O2. The van der Waals surface area contributed by atoms with E-state index >= 15 is 0 Å². The van der Waals surface area contributed by atoms with Gasteiger partial charge in [-0.05, 0) is 57.4 Å². The van der Waals surface area contributed by atoms with Crippen molar-refractivity contribution in [1.82, 2.24) is 5.48 Å². The number of hydrogen-bond donors (Lipinski definition) is 4. The monoisotopic (exact) mass is 399 g/mol. The topological polar surface area (TPSA) is 73.4 Å². The van der Waals surface area contributed by atoms with Crippen LogP contribution in [0.2, 0.25) is 0 Å². The predicted molar refractivity (Wildman–Crippen MR) is 128 cm³/mol. The van der Waals surface area contributed by atoms with E-state index in [2.05, 4.69) is 30.4 Å². The molecule has 0 bridgehead atoms. The second kappa shape index (κ2) is 19.7. The van der Waals surface area contributed by atoms with Gasteiger partial charge in [-0.3, -0.25) is 10.0 Å². The van der Waals surface area contributed by atoms with E-state index in [0.717, 1.165) is 41.9 Å². The minimum absolute atomic E-state index is 0.556. The zero-order valence-corrected chi connectivity index (χ0v) is 18.3. The van der Waals surface area contributed by atoms with E-state index in [1.165, 1.54) is 6.08 Å². The van der Waals surface area contributed by atoms with E-state index in [-0.39, 0.29) is 0 Å². The van der Waals surface area contributed by atoms with E-state index in [1.807, 2.05) is 58.2 Å². The third kappa shape index (κ3) is 15.7. The van der Waals surface area contributed by atoms with E-state index in [9.17, 15) is 4.79 Å². The van der Waals surface area contributed by atoms with Crippen molar-refractivity contribution >= 4 is 23.4 Å². The summed E-state index contributed by atoms with van der Waals surface area (Å²) in [5.41, 5.74) is 5.51. The van der Waals surface area contributed by atoms with Crippen molar-refractivity contribution < 1.29 is 10.0 Å². The van der Waals surface area contributed by atoms with Gasteiger partial charge < -0.3 is 10.6 Å². The van der Waals surface area contributed by atoms with Crippen molar-refractivity contribution in [3.63, 3.8) is 0 Å². The molecule has 4 N–H and O–H groups in total. The highest BCUT2D eigenvalue weighted by Gasteiger charge is 2.02. The predicted octanol–water partition coefficient (Wildman–Crippen LogP) is 5.96. The number of hydrogen-bond acceptors (Lipinski definition) is 4. The summed E-state index contributed by atoms with van der Waals surface area (Å²) in [4.78, 5) is 11.0. The minimum Gasteiger partial charge on any atom is -0.386 e. The summed E-state index contributed by atoms with van der Waals surface area (Å²) in [5, 5.41) is 15.0. The molecule has 0 aliphatic heterocycles. The van der Waals surface area contributed by atoms with Crippen LogP contribution in [0.3, 0.4) is 0 Å². The van der Waals surface area contributed by atoms with Gasteiger partial charge in [0.15, 0.2) is 0 Å². The Hall–Kier alpha value is -3.05. The number of hydroxylamine groups is 1. The first-order valence-electron chi connectivity index (χ1n) is 9.56. The van der Waals surface area contributed by atoms with Crippen LogP contribution in [0.25, 0.3) is 6.08 Å². The van der Waals surface area contributed by atoms with Gasteiger partial charge in [0.05, 0.1) is 11.4 Å². The van der Waals surface area contributed by atoms with Crippen LogP contribution in [0.1, 0.15) is 39.2 Å². The number of nitrogens with one attached hydrogen (secondary N) is 3. The van der Waals surface area contributed by atoms with Crippen LogP contribution in [0.5, 0.6) is 0 Å². The molecule has 1 rings (SSSR count). The Morgan fingerprint density at radius 1 is 1.10 bits per heavy atom. The molecule has 1 aromatic carbocycles. The molecule has 1 aromatic rings. The molecule has 0 spiro atoms. The highest BCUT2D eigenvalue weighted by atomic mass is 16.5. The molecule has 0 atom stereocenters. The third-order valence-corrected chi connectivity index (χ3v) is 3.24. The Bertz CT molecular complexity index is 671. The van der Waals surface area contributed by atoms with E-state index in [0.29, 0.717) is 0 Å². The largest absolute Gasteiger partial charge is 0.386 e. The average Bonchev–Trinajstić information content (AvgIpc) is 2.71. The number of amides is 1. The molecule has 160 valence electrons. The number of rotatable bonds is 9. The maximum absolute atomic E-state index is 11.0. The normalized spacial score (nSPS) is 9.55. The molecule has 0 unspecified atom stereocenters. The molecule has 0 radical (unpaired) electrons. The first kappa shape index (κ1) is 28.2. The number of anilines is 2. The van der Waals surface area contributed by atoms with Gasteiger partial charge in [-0.2, -0.15) is 0 Å². The standard InChI is InChI=1S/C18H25N3O2.2C3H6/c1-4-6-14(2)7-5-12-20-16-10-8-15(13-17(16)19-3)9-11-18(22)21-23;2*1-3-2/h4,6,8-11,13,19-20,23H,2,5,7,12H2,1,3H3,(H,21,22);2*3H,1H2,2H3/b6-4-,11-9+;;. The van der Waals surface area contributed by atoms with Crippen molar-refractivity contribution in [2.75, 3.05) is 24.2 Å². The number of allylic oxidation sites excluding steroid dienone is 5. The minimum atomic E-state index is -0.556. The van der Waals surface area contributed by atoms with Crippen molar-refractivity contribution in [3.8, 4) is 0 Å². The summed E-state index contributed by atoms with van der Waals surface area (Å²) >= 11 is 0. The second-order valence-corrected chi connectivity index (χ2v) is 5.87. The van der Waals surface area contributed by atoms with Crippen molar-refractivity contribution in [2.24, 2.45) is 0 Å². The smallest absolute Gasteiger partial charge is 0.267 e. The zero-order chi connectivity index (χ0) is 22.5. The van der Waals surface area contributed by atoms with Crippen molar-refractivity contribution in [1.29, 1.82) is 0 Å². The van der Waals surface area contributed by atoms with E-state index in [4.69, 9.17) is 5.21 Å². The maximum Gasteiger partial charge on any atom is 0.267 e. The Kier molecular flexibility index (Phi) is 19.1. The fraction of sp³-hybridized carbons (Fsp3) is 0.292. The second-order valence-electron chi connectivity index (χ2n) is 5.87. The molecule has 5 nitrogen and oxygen atoms in total. The fourth-order valence-electron chi connectivity index (χ4n) is 2.09. The lowest BCUT2D eigenvalue weighted by Gasteiger charge is -2.12. The fourth-order valence-corrected chi connectivity index (χ4v) is 2.09. The van der Waals surface area contributed by atoms with Gasteiger partial charge in [0.2, 0.25) is 0 Å². The molecule has 0 aliphatic rings. The third-order valence-electron chi connectivity index (χ3n) is 3.24. The highest BCUT2D eigenvalue weighted by Crippen LogP contribution is 2.23. The molecular weight excluding hydrogens is 362 g/mol. The van der Waals surface area contributed by atoms with Gasteiger partial charge in [-0.15, -0.1) is 13.2 Å². The lowest BCUT2D eigenvalue weighted by molar-refractivity contribution is -0.124. The van der Waals surface area contributed by atoms with E-state index < -0.39 is 5.91 Å². The van der Waals surface area contributed by atoms with Crippen LogP contribution in [0, 0.1) is 0 Å². The molecule has 5 heteroatoms. The number of benzene rings is 1. The number of carbonyl (C=O) groups is 1. The Morgan fingerprint density at radius 3 is 2.24 bits per heavy atom. The summed E-state index contributed by atoms with van der Waals surface area (Å²) in [6.45, 7) is 17.3. The summed E-state index contributed by atoms with van der Waals surface area (Å²) in [5.74, 6) is -0.556. The summed E-state index contributed by atoms with van der Waals surface area (Å²) < 4.78 is 0. The number of carbonyl (C=O) groups excluding carboxylic acids is 1. The van der Waals surface area contributed by atoms with Gasteiger partial charge in [-0.1, -0.05) is 42.5 Å². The molecule has 1 amide bonds. The molecule has 0 heterocycles. The molecule has 0 saturated carbocycles. The van der Waals surface area contributed by atoms with Crippen LogP contribution in [-0.4, -0.2) is 24.7 Å². The zero-order valence-electron chi connectivity index (χ0n) is 18.3.